The van der Waals surface area contributed by atoms with E-state index < -0.39 is 0 Å². The largest absolute Gasteiger partial charge is 0.465 e. The van der Waals surface area contributed by atoms with E-state index in [1.165, 1.54) is 7.11 Å². The summed E-state index contributed by atoms with van der Waals surface area (Å²) in [5.74, 6) is 0.257. The fraction of sp³-hybridized carbons (Fsp3) is 0.312. The molecular formula is C16H18N2O3. The summed E-state index contributed by atoms with van der Waals surface area (Å²) >= 11 is 0. The SMILES string of the molecule is CCc1nc(C)[nH]c(=O)c1Cc1ccc(C(=O)OC)cc1. The lowest BCUT2D eigenvalue weighted by Crippen LogP contribution is -2.19. The monoisotopic (exact) mass is 286 g/mol. The average molecular weight is 286 g/mol. The van der Waals surface area contributed by atoms with Gasteiger partial charge in [0, 0.05) is 12.0 Å². The van der Waals surface area contributed by atoms with Gasteiger partial charge in [0.15, 0.2) is 0 Å². The lowest BCUT2D eigenvalue weighted by Gasteiger charge is -2.08. The van der Waals surface area contributed by atoms with Gasteiger partial charge in [0.1, 0.15) is 5.82 Å². The number of ether oxygens (including phenoxy) is 1. The van der Waals surface area contributed by atoms with Crippen LogP contribution in [0.3, 0.4) is 0 Å². The van der Waals surface area contributed by atoms with Gasteiger partial charge in [-0.15, -0.1) is 0 Å². The lowest BCUT2D eigenvalue weighted by atomic mass is 10.0. The predicted octanol–water partition coefficient (Wildman–Crippen LogP) is 2.02. The van der Waals surface area contributed by atoms with Crippen LogP contribution in [0, 0.1) is 6.92 Å². The molecule has 5 nitrogen and oxygen atoms in total. The normalized spacial score (nSPS) is 10.4. The fourth-order valence-corrected chi connectivity index (χ4v) is 2.22. The molecule has 0 unspecified atom stereocenters. The summed E-state index contributed by atoms with van der Waals surface area (Å²) in [5.41, 5.74) is 2.83. The molecule has 0 fully saturated rings. The molecule has 1 heterocycles. The van der Waals surface area contributed by atoms with Gasteiger partial charge in [0.2, 0.25) is 0 Å². The smallest absolute Gasteiger partial charge is 0.337 e. The molecule has 0 amide bonds. The third-order valence-corrected chi connectivity index (χ3v) is 3.31. The Balaban J connectivity index is 2.30. The second-order valence-electron chi connectivity index (χ2n) is 4.80. The lowest BCUT2D eigenvalue weighted by molar-refractivity contribution is 0.0600. The minimum absolute atomic E-state index is 0.101. The Morgan fingerprint density at radius 3 is 2.52 bits per heavy atom. The molecule has 0 saturated heterocycles. The van der Waals surface area contributed by atoms with Gasteiger partial charge in [-0.1, -0.05) is 19.1 Å². The van der Waals surface area contributed by atoms with Gasteiger partial charge in [-0.25, -0.2) is 9.78 Å². The number of nitrogens with one attached hydrogen (secondary N) is 1. The van der Waals surface area contributed by atoms with Crippen molar-refractivity contribution >= 4 is 5.97 Å². The maximum absolute atomic E-state index is 12.1. The molecule has 1 aromatic heterocycles. The first-order valence-corrected chi connectivity index (χ1v) is 6.81. The quantitative estimate of drug-likeness (QED) is 0.873. The van der Waals surface area contributed by atoms with Gasteiger partial charge in [-0.2, -0.15) is 0 Å². The van der Waals surface area contributed by atoms with Crippen LogP contribution in [0.25, 0.3) is 0 Å². The van der Waals surface area contributed by atoms with Crippen LogP contribution in [0.2, 0.25) is 0 Å². The zero-order valence-electron chi connectivity index (χ0n) is 12.4. The van der Waals surface area contributed by atoms with Crippen LogP contribution in [-0.4, -0.2) is 23.0 Å². The standard InChI is InChI=1S/C16H18N2O3/c1-4-14-13(15(19)18-10(2)17-14)9-11-5-7-12(8-6-11)16(20)21-3/h5-8H,4,9H2,1-3H3,(H,17,18,19). The molecule has 0 aliphatic rings. The summed E-state index contributed by atoms with van der Waals surface area (Å²) in [6.07, 6.45) is 1.20. The second kappa shape index (κ2) is 6.35. The average Bonchev–Trinajstić information content (AvgIpc) is 2.49. The number of benzene rings is 1. The zero-order valence-corrected chi connectivity index (χ0v) is 12.4. The van der Waals surface area contributed by atoms with E-state index in [4.69, 9.17) is 0 Å². The van der Waals surface area contributed by atoms with Crippen molar-refractivity contribution in [2.75, 3.05) is 7.11 Å². The molecule has 2 aromatic rings. The summed E-state index contributed by atoms with van der Waals surface area (Å²) in [6.45, 7) is 3.75. The van der Waals surface area contributed by atoms with Crippen LogP contribution < -0.4 is 5.56 Å². The fourth-order valence-electron chi connectivity index (χ4n) is 2.22. The number of rotatable bonds is 4. The number of carbonyl (C=O) groups is 1. The molecule has 0 aliphatic heterocycles. The summed E-state index contributed by atoms with van der Waals surface area (Å²) < 4.78 is 4.66. The Kier molecular flexibility index (Phi) is 4.52. The Hall–Kier alpha value is -2.43. The minimum Gasteiger partial charge on any atom is -0.465 e. The van der Waals surface area contributed by atoms with Gasteiger partial charge >= 0.3 is 5.97 Å². The van der Waals surface area contributed by atoms with Crippen LogP contribution in [0.5, 0.6) is 0 Å². The van der Waals surface area contributed by atoms with Crippen LogP contribution in [0.1, 0.15) is 39.9 Å². The van der Waals surface area contributed by atoms with E-state index >= 15 is 0 Å². The molecule has 0 spiro atoms. The Bertz CT molecular complexity index is 702. The highest BCUT2D eigenvalue weighted by molar-refractivity contribution is 5.89. The van der Waals surface area contributed by atoms with Gasteiger partial charge < -0.3 is 9.72 Å². The molecule has 110 valence electrons. The molecule has 21 heavy (non-hydrogen) atoms. The van der Waals surface area contributed by atoms with Gasteiger partial charge in [0.25, 0.3) is 5.56 Å². The van der Waals surface area contributed by atoms with Crippen LogP contribution >= 0.6 is 0 Å². The van der Waals surface area contributed by atoms with Gasteiger partial charge in [-0.3, -0.25) is 4.79 Å². The maximum atomic E-state index is 12.1. The molecule has 0 radical (unpaired) electrons. The summed E-state index contributed by atoms with van der Waals surface area (Å²) in [7, 11) is 1.35. The summed E-state index contributed by atoms with van der Waals surface area (Å²) in [4.78, 5) is 30.6. The zero-order chi connectivity index (χ0) is 15.4. The number of methoxy groups -OCH3 is 1. The minimum atomic E-state index is -0.370. The van der Waals surface area contributed by atoms with Crippen molar-refractivity contribution in [2.45, 2.75) is 26.7 Å². The molecule has 5 heteroatoms. The molecule has 0 atom stereocenters. The number of aromatic nitrogens is 2. The molecular weight excluding hydrogens is 268 g/mol. The first-order valence-electron chi connectivity index (χ1n) is 6.81. The maximum Gasteiger partial charge on any atom is 0.337 e. The van der Waals surface area contributed by atoms with E-state index in [2.05, 4.69) is 14.7 Å². The predicted molar refractivity (Wildman–Crippen MR) is 79.6 cm³/mol. The van der Waals surface area contributed by atoms with Crippen molar-refractivity contribution in [3.63, 3.8) is 0 Å². The first-order chi connectivity index (χ1) is 10.0. The highest BCUT2D eigenvalue weighted by atomic mass is 16.5. The van der Waals surface area contributed by atoms with Crippen LogP contribution in [0.15, 0.2) is 29.1 Å². The number of carbonyl (C=O) groups excluding carboxylic acids is 1. The number of nitrogens with zero attached hydrogens (tertiary/aromatic N) is 1. The Morgan fingerprint density at radius 1 is 1.29 bits per heavy atom. The third-order valence-electron chi connectivity index (χ3n) is 3.31. The van der Waals surface area contributed by atoms with E-state index in [0.717, 1.165) is 11.3 Å². The van der Waals surface area contributed by atoms with Crippen molar-refractivity contribution < 1.29 is 9.53 Å². The number of aryl methyl sites for hydroxylation is 2. The molecule has 0 aliphatic carbocycles. The molecule has 1 N–H and O–H groups in total. The van der Waals surface area contributed by atoms with E-state index in [0.29, 0.717) is 29.8 Å². The number of aromatic amines is 1. The van der Waals surface area contributed by atoms with Gasteiger partial charge in [0.05, 0.1) is 18.4 Å². The van der Waals surface area contributed by atoms with Gasteiger partial charge in [-0.05, 0) is 31.0 Å². The number of esters is 1. The van der Waals surface area contributed by atoms with Crippen molar-refractivity contribution in [1.82, 2.24) is 9.97 Å². The van der Waals surface area contributed by atoms with Crippen molar-refractivity contribution in [3.8, 4) is 0 Å². The molecule has 0 bridgehead atoms. The van der Waals surface area contributed by atoms with Crippen LogP contribution in [-0.2, 0) is 17.6 Å². The topological polar surface area (TPSA) is 72.0 Å². The third kappa shape index (κ3) is 3.37. The Morgan fingerprint density at radius 2 is 1.95 bits per heavy atom. The molecule has 2 rings (SSSR count). The van der Waals surface area contributed by atoms with E-state index in [1.54, 1.807) is 19.1 Å². The summed E-state index contributed by atoms with van der Waals surface area (Å²) in [6, 6.07) is 7.04. The summed E-state index contributed by atoms with van der Waals surface area (Å²) in [5, 5.41) is 0. The van der Waals surface area contributed by atoms with Crippen molar-refractivity contribution in [1.29, 1.82) is 0 Å². The number of hydrogen-bond donors (Lipinski definition) is 1. The second-order valence-corrected chi connectivity index (χ2v) is 4.80. The van der Waals surface area contributed by atoms with Crippen molar-refractivity contribution in [3.05, 3.63) is 62.8 Å². The number of H-pyrrole nitrogens is 1. The first kappa shape index (κ1) is 15.0. The highest BCUT2D eigenvalue weighted by Crippen LogP contribution is 2.12. The van der Waals surface area contributed by atoms with Crippen molar-refractivity contribution in [2.24, 2.45) is 0 Å². The Labute approximate surface area is 123 Å². The highest BCUT2D eigenvalue weighted by Gasteiger charge is 2.10. The van der Waals surface area contributed by atoms with Crippen LogP contribution in [0.4, 0.5) is 0 Å². The number of hydrogen-bond acceptors (Lipinski definition) is 4. The van der Waals surface area contributed by atoms with E-state index in [9.17, 15) is 9.59 Å². The molecule has 0 saturated carbocycles. The van der Waals surface area contributed by atoms with E-state index in [1.807, 2.05) is 19.1 Å². The van der Waals surface area contributed by atoms with E-state index in [-0.39, 0.29) is 11.5 Å². The molecule has 1 aromatic carbocycles.